The Bertz CT molecular complexity index is 397. The fourth-order valence-corrected chi connectivity index (χ4v) is 2.35. The van der Waals surface area contributed by atoms with Crippen LogP contribution in [0.2, 0.25) is 0 Å². The highest BCUT2D eigenvalue weighted by molar-refractivity contribution is 5.29. The maximum absolute atomic E-state index is 12.8. The van der Waals surface area contributed by atoms with Crippen LogP contribution in [-0.4, -0.2) is 31.1 Å². The zero-order chi connectivity index (χ0) is 13.2. The van der Waals surface area contributed by atoms with Crippen LogP contribution in [0.4, 0.5) is 13.2 Å². The fraction of sp³-hybridized carbons (Fsp3) is 0.538. The molecule has 1 heterocycles. The summed E-state index contributed by atoms with van der Waals surface area (Å²) < 4.78 is 38.5. The van der Waals surface area contributed by atoms with Gasteiger partial charge >= 0.3 is 6.18 Å². The predicted molar refractivity (Wildman–Crippen MR) is 64.2 cm³/mol. The van der Waals surface area contributed by atoms with Crippen molar-refractivity contribution in [1.29, 1.82) is 0 Å². The quantitative estimate of drug-likeness (QED) is 0.896. The Labute approximate surface area is 105 Å². The second-order valence-corrected chi connectivity index (χ2v) is 4.72. The fourth-order valence-electron chi connectivity index (χ4n) is 2.35. The van der Waals surface area contributed by atoms with Crippen LogP contribution in [0.1, 0.15) is 17.5 Å². The average molecular weight is 258 g/mol. The van der Waals surface area contributed by atoms with Gasteiger partial charge in [0.1, 0.15) is 0 Å². The van der Waals surface area contributed by atoms with Gasteiger partial charge in [-0.15, -0.1) is 0 Å². The van der Waals surface area contributed by atoms with Gasteiger partial charge in [0, 0.05) is 19.1 Å². The highest BCUT2D eigenvalue weighted by atomic mass is 19.4. The number of benzene rings is 1. The molecule has 1 aliphatic rings. The van der Waals surface area contributed by atoms with Crippen LogP contribution in [0.5, 0.6) is 0 Å². The van der Waals surface area contributed by atoms with Crippen LogP contribution in [0, 0.1) is 0 Å². The molecule has 2 nitrogen and oxygen atoms in total. The molecule has 1 atom stereocenters. The normalized spacial score (nSPS) is 20.6. The predicted octanol–water partition coefficient (Wildman–Crippen LogP) is 2.50. The van der Waals surface area contributed by atoms with Gasteiger partial charge in [0.15, 0.2) is 0 Å². The van der Waals surface area contributed by atoms with E-state index in [1.807, 2.05) is 11.9 Å². The minimum atomic E-state index is -4.27. The third kappa shape index (κ3) is 3.03. The van der Waals surface area contributed by atoms with Crippen LogP contribution in [0.15, 0.2) is 24.3 Å². The molecule has 0 aromatic heterocycles. The van der Waals surface area contributed by atoms with E-state index in [9.17, 15) is 13.2 Å². The van der Waals surface area contributed by atoms with E-state index in [0.29, 0.717) is 18.2 Å². The summed E-state index contributed by atoms with van der Waals surface area (Å²) in [5.41, 5.74) is -0.179. The zero-order valence-electron chi connectivity index (χ0n) is 10.3. The van der Waals surface area contributed by atoms with E-state index in [1.165, 1.54) is 6.07 Å². The van der Waals surface area contributed by atoms with Gasteiger partial charge in [-0.1, -0.05) is 18.2 Å². The summed E-state index contributed by atoms with van der Waals surface area (Å²) in [5, 5.41) is 3.22. The van der Waals surface area contributed by atoms with Crippen LogP contribution >= 0.6 is 0 Å². The molecule has 0 radical (unpaired) electrons. The molecule has 0 saturated carbocycles. The highest BCUT2D eigenvalue weighted by Gasteiger charge is 2.33. The number of halogens is 3. The first-order chi connectivity index (χ1) is 8.48. The smallest absolute Gasteiger partial charge is 0.315 e. The monoisotopic (exact) mass is 258 g/mol. The molecule has 0 aliphatic carbocycles. The number of likely N-dealkylation sites (N-methyl/N-ethyl adjacent to an activating group) is 1. The Hall–Kier alpha value is -1.07. The van der Waals surface area contributed by atoms with Crippen LogP contribution < -0.4 is 5.32 Å². The number of rotatable bonds is 3. The van der Waals surface area contributed by atoms with Gasteiger partial charge in [-0.05, 0) is 31.6 Å². The summed E-state index contributed by atoms with van der Waals surface area (Å²) in [5.74, 6) is 0. The van der Waals surface area contributed by atoms with Crippen molar-refractivity contribution in [2.24, 2.45) is 0 Å². The summed E-state index contributed by atoms with van der Waals surface area (Å²) in [6.45, 7) is 2.13. The highest BCUT2D eigenvalue weighted by Crippen LogP contribution is 2.32. The Morgan fingerprint density at radius 1 is 1.33 bits per heavy atom. The summed E-state index contributed by atoms with van der Waals surface area (Å²) >= 11 is 0. The molecule has 1 aliphatic heterocycles. The van der Waals surface area contributed by atoms with E-state index in [1.54, 1.807) is 12.1 Å². The maximum atomic E-state index is 12.8. The molecule has 1 unspecified atom stereocenters. The molecular formula is C13H17F3N2. The van der Waals surface area contributed by atoms with E-state index in [4.69, 9.17) is 0 Å². The van der Waals surface area contributed by atoms with Crippen molar-refractivity contribution in [1.82, 2.24) is 10.2 Å². The van der Waals surface area contributed by atoms with Crippen molar-refractivity contribution in [3.63, 3.8) is 0 Å². The number of alkyl halides is 3. The number of nitrogens with zero attached hydrogens (tertiary/aromatic N) is 1. The van der Waals surface area contributed by atoms with Crippen molar-refractivity contribution < 1.29 is 13.2 Å². The number of nitrogens with one attached hydrogen (secondary N) is 1. The first-order valence-electron chi connectivity index (χ1n) is 6.04. The minimum Gasteiger partial charge on any atom is -0.315 e. The average Bonchev–Trinajstić information content (AvgIpc) is 2.81. The largest absolute Gasteiger partial charge is 0.416 e. The lowest BCUT2D eigenvalue weighted by molar-refractivity contribution is -0.138. The summed E-state index contributed by atoms with van der Waals surface area (Å²) in [7, 11) is 1.88. The number of hydrogen-bond acceptors (Lipinski definition) is 2. The number of hydrogen-bond donors (Lipinski definition) is 1. The first kappa shape index (κ1) is 13.4. The van der Waals surface area contributed by atoms with Crippen LogP contribution in [-0.2, 0) is 12.7 Å². The van der Waals surface area contributed by atoms with Crippen molar-refractivity contribution >= 4 is 0 Å². The van der Waals surface area contributed by atoms with Crippen LogP contribution in [0.3, 0.4) is 0 Å². The molecular weight excluding hydrogens is 241 g/mol. The van der Waals surface area contributed by atoms with Crippen molar-refractivity contribution in [3.8, 4) is 0 Å². The van der Waals surface area contributed by atoms with Gasteiger partial charge in [0.2, 0.25) is 0 Å². The standard InChI is InChI=1S/C13H17F3N2/c1-18(11-6-7-17-8-11)9-10-4-2-3-5-12(10)13(14,15)16/h2-5,11,17H,6-9H2,1H3. The molecule has 1 fully saturated rings. The zero-order valence-corrected chi connectivity index (χ0v) is 10.3. The summed E-state index contributed by atoms with van der Waals surface area (Å²) in [6.07, 6.45) is -3.28. The molecule has 0 bridgehead atoms. The Balaban J connectivity index is 2.13. The van der Waals surface area contributed by atoms with Crippen molar-refractivity contribution in [2.75, 3.05) is 20.1 Å². The van der Waals surface area contributed by atoms with Gasteiger partial charge in [-0.3, -0.25) is 4.90 Å². The van der Waals surface area contributed by atoms with E-state index in [2.05, 4.69) is 5.32 Å². The lowest BCUT2D eigenvalue weighted by Crippen LogP contribution is -2.33. The van der Waals surface area contributed by atoms with Crippen molar-refractivity contribution in [2.45, 2.75) is 25.2 Å². The first-order valence-corrected chi connectivity index (χ1v) is 6.04. The van der Waals surface area contributed by atoms with Gasteiger partial charge in [-0.25, -0.2) is 0 Å². The molecule has 5 heteroatoms. The lowest BCUT2D eigenvalue weighted by Gasteiger charge is -2.25. The Kier molecular flexibility index (Phi) is 3.92. The van der Waals surface area contributed by atoms with Gasteiger partial charge in [0.05, 0.1) is 5.56 Å². The third-order valence-corrected chi connectivity index (χ3v) is 3.40. The second-order valence-electron chi connectivity index (χ2n) is 4.72. The second kappa shape index (κ2) is 5.28. The minimum absolute atomic E-state index is 0.325. The molecule has 1 N–H and O–H groups in total. The van der Waals surface area contributed by atoms with Gasteiger partial charge in [-0.2, -0.15) is 13.2 Å². The summed E-state index contributed by atoms with van der Waals surface area (Å²) in [4.78, 5) is 1.99. The van der Waals surface area contributed by atoms with Gasteiger partial charge in [0.25, 0.3) is 0 Å². The molecule has 2 rings (SSSR count). The molecule has 0 amide bonds. The maximum Gasteiger partial charge on any atom is 0.416 e. The Morgan fingerprint density at radius 2 is 2.06 bits per heavy atom. The summed E-state index contributed by atoms with van der Waals surface area (Å²) in [6, 6.07) is 6.12. The molecule has 1 aromatic rings. The molecule has 18 heavy (non-hydrogen) atoms. The Morgan fingerprint density at radius 3 is 2.67 bits per heavy atom. The molecule has 1 saturated heterocycles. The van der Waals surface area contributed by atoms with Gasteiger partial charge < -0.3 is 5.32 Å². The molecule has 0 spiro atoms. The van der Waals surface area contributed by atoms with Crippen LogP contribution in [0.25, 0.3) is 0 Å². The SMILES string of the molecule is CN(Cc1ccccc1C(F)(F)F)C1CCNC1. The van der Waals surface area contributed by atoms with E-state index in [0.717, 1.165) is 25.6 Å². The van der Waals surface area contributed by atoms with E-state index in [-0.39, 0.29) is 0 Å². The van der Waals surface area contributed by atoms with E-state index >= 15 is 0 Å². The van der Waals surface area contributed by atoms with E-state index < -0.39 is 11.7 Å². The third-order valence-electron chi connectivity index (χ3n) is 3.40. The lowest BCUT2D eigenvalue weighted by atomic mass is 10.1. The van der Waals surface area contributed by atoms with Crippen molar-refractivity contribution in [3.05, 3.63) is 35.4 Å². The topological polar surface area (TPSA) is 15.3 Å². The molecule has 1 aromatic carbocycles. The molecule has 100 valence electrons.